The van der Waals surface area contributed by atoms with E-state index >= 15 is 0 Å². The molecular formula is C24H23Cl2F4N7O3. The molecule has 4 unspecified atom stereocenters. The summed E-state index contributed by atoms with van der Waals surface area (Å²) in [6.07, 6.45) is -5.44. The maximum atomic E-state index is 14.4. The summed E-state index contributed by atoms with van der Waals surface area (Å²) in [6, 6.07) is 3.26. The van der Waals surface area contributed by atoms with E-state index in [2.05, 4.69) is 32.1 Å². The number of amidine groups is 1. The van der Waals surface area contributed by atoms with Gasteiger partial charge in [0.25, 0.3) is 0 Å². The van der Waals surface area contributed by atoms with Crippen LogP contribution in [-0.2, 0) is 10.9 Å². The molecule has 0 bridgehead atoms. The molecule has 0 spiro atoms. The molecule has 1 aromatic carbocycles. The molecule has 4 rings (SSSR count). The van der Waals surface area contributed by atoms with E-state index in [9.17, 15) is 27.8 Å². The van der Waals surface area contributed by atoms with E-state index in [0.717, 1.165) is 29.3 Å². The van der Waals surface area contributed by atoms with Gasteiger partial charge in [0.1, 0.15) is 29.4 Å². The molecule has 3 aromatic rings. The molecule has 3 heterocycles. The fourth-order valence-electron chi connectivity index (χ4n) is 4.27. The number of rotatable bonds is 7. The molecule has 0 saturated carbocycles. The number of halogens is 6. The third-order valence-electron chi connectivity index (χ3n) is 6.14. The zero-order valence-corrected chi connectivity index (χ0v) is 22.3. The van der Waals surface area contributed by atoms with Crippen LogP contribution in [0.3, 0.4) is 0 Å². The summed E-state index contributed by atoms with van der Waals surface area (Å²) < 4.78 is 63.1. The number of hydrazone groups is 1. The lowest BCUT2D eigenvalue weighted by atomic mass is 9.95. The molecule has 0 aliphatic carbocycles. The minimum atomic E-state index is -4.73. The van der Waals surface area contributed by atoms with Crippen molar-refractivity contribution in [2.24, 2.45) is 10.1 Å². The highest BCUT2D eigenvalue weighted by Crippen LogP contribution is 2.39. The zero-order chi connectivity index (χ0) is 29.2. The van der Waals surface area contributed by atoms with Gasteiger partial charge in [-0.3, -0.25) is 5.01 Å². The van der Waals surface area contributed by atoms with E-state index in [0.29, 0.717) is 0 Å². The molecule has 40 heavy (non-hydrogen) atoms. The second-order valence-electron chi connectivity index (χ2n) is 8.89. The summed E-state index contributed by atoms with van der Waals surface area (Å²) >= 11 is 11.8. The minimum Gasteiger partial charge on any atom is -0.394 e. The molecule has 1 saturated heterocycles. The van der Waals surface area contributed by atoms with Crippen LogP contribution in [0.5, 0.6) is 0 Å². The number of benzene rings is 1. The number of aromatic nitrogens is 4. The van der Waals surface area contributed by atoms with E-state index < -0.39 is 48.5 Å². The first-order valence-electron chi connectivity index (χ1n) is 11.7. The van der Waals surface area contributed by atoms with Gasteiger partial charge in [0.15, 0.2) is 5.82 Å². The third-order valence-corrected chi connectivity index (χ3v) is 6.58. The number of nitrogens with zero attached hydrogens (tertiary/aromatic N) is 7. The number of aliphatic hydroxyl groups is 2. The highest BCUT2D eigenvalue weighted by atomic mass is 35.5. The van der Waals surface area contributed by atoms with Crippen LogP contribution in [0.15, 0.2) is 46.8 Å². The molecule has 214 valence electrons. The van der Waals surface area contributed by atoms with Crippen molar-refractivity contribution in [3.05, 3.63) is 58.1 Å². The van der Waals surface area contributed by atoms with E-state index in [4.69, 9.17) is 27.9 Å². The monoisotopic (exact) mass is 603 g/mol. The number of hydrogen-bond acceptors (Lipinski definition) is 8. The van der Waals surface area contributed by atoms with Crippen molar-refractivity contribution in [1.82, 2.24) is 20.0 Å². The fraction of sp³-hybridized carbons (Fsp3) is 0.375. The maximum Gasteiger partial charge on any atom is 0.418 e. The summed E-state index contributed by atoms with van der Waals surface area (Å²) in [5, 5.41) is 34.0. The third kappa shape index (κ3) is 6.58. The Morgan fingerprint density at radius 3 is 2.67 bits per heavy atom. The smallest absolute Gasteiger partial charge is 0.394 e. The highest BCUT2D eigenvalue weighted by molar-refractivity contribution is 6.31. The van der Waals surface area contributed by atoms with Gasteiger partial charge in [-0.1, -0.05) is 28.4 Å². The molecule has 4 atom stereocenters. The number of aliphatic imine (C=N–C) groups is 1. The molecule has 2 N–H and O–H groups in total. The number of hydrogen-bond donors (Lipinski definition) is 2. The van der Waals surface area contributed by atoms with Gasteiger partial charge in [0.2, 0.25) is 0 Å². The topological polar surface area (TPSA) is 121 Å². The van der Waals surface area contributed by atoms with Crippen molar-refractivity contribution >= 4 is 41.4 Å². The van der Waals surface area contributed by atoms with Crippen molar-refractivity contribution < 1.29 is 32.5 Å². The lowest BCUT2D eigenvalue weighted by molar-refractivity contribution is -0.153. The fourth-order valence-corrected chi connectivity index (χ4v) is 4.58. The molecule has 0 amide bonds. The van der Waals surface area contributed by atoms with Crippen molar-refractivity contribution in [1.29, 1.82) is 0 Å². The molecule has 0 radical (unpaired) electrons. The standard InChI is InChI=1S/C24H23Cl2F4N7O3/c1-12(31-2)34-36(19-6-13(25)3-4-16(19)24(28,29)30)9-15-7-20(23(39)21(11-38)40-15)37-10-18(33-35-37)22-17(27)5-14(26)8-32-22/h3-6,8,10,15,20-21,23,38-39H,2,7,9,11H2,1H3/b34-12-. The normalized spacial score (nSPS) is 21.9. The quantitative estimate of drug-likeness (QED) is 0.178. The van der Waals surface area contributed by atoms with E-state index in [-0.39, 0.29) is 45.9 Å². The second-order valence-corrected chi connectivity index (χ2v) is 9.76. The summed E-state index contributed by atoms with van der Waals surface area (Å²) in [5.74, 6) is -0.669. The maximum absolute atomic E-state index is 14.4. The molecule has 10 nitrogen and oxygen atoms in total. The largest absolute Gasteiger partial charge is 0.418 e. The number of anilines is 1. The first-order valence-corrected chi connectivity index (χ1v) is 12.5. The van der Waals surface area contributed by atoms with Gasteiger partial charge >= 0.3 is 6.18 Å². The van der Waals surface area contributed by atoms with Gasteiger partial charge in [-0.15, -0.1) is 5.10 Å². The van der Waals surface area contributed by atoms with Crippen LogP contribution < -0.4 is 5.01 Å². The van der Waals surface area contributed by atoms with Crippen LogP contribution in [0.4, 0.5) is 23.2 Å². The van der Waals surface area contributed by atoms with Gasteiger partial charge in [0.05, 0.1) is 47.8 Å². The average Bonchev–Trinajstić information content (AvgIpc) is 3.37. The van der Waals surface area contributed by atoms with E-state index in [1.165, 1.54) is 24.0 Å². The average molecular weight is 604 g/mol. The Bertz CT molecular complexity index is 1410. The molecular weight excluding hydrogens is 581 g/mol. The van der Waals surface area contributed by atoms with Crippen molar-refractivity contribution in [2.75, 3.05) is 18.2 Å². The summed E-state index contributed by atoms with van der Waals surface area (Å²) in [6.45, 7) is 3.94. The number of ether oxygens (including phenoxy) is 1. The predicted octanol–water partition coefficient (Wildman–Crippen LogP) is 4.40. The minimum absolute atomic E-state index is 0.00545. The Balaban J connectivity index is 1.67. The first kappa shape index (κ1) is 29.8. The van der Waals surface area contributed by atoms with Crippen molar-refractivity contribution in [2.45, 2.75) is 43.9 Å². The van der Waals surface area contributed by atoms with Crippen LogP contribution in [0, 0.1) is 5.82 Å². The van der Waals surface area contributed by atoms with E-state index in [1.807, 2.05) is 0 Å². The molecule has 16 heteroatoms. The van der Waals surface area contributed by atoms with Gasteiger partial charge in [-0.05, 0) is 37.9 Å². The Hall–Kier alpha value is -3.17. The van der Waals surface area contributed by atoms with E-state index in [1.54, 1.807) is 0 Å². The molecule has 1 fully saturated rings. The second kappa shape index (κ2) is 12.1. The Kier molecular flexibility index (Phi) is 9.05. The predicted molar refractivity (Wildman–Crippen MR) is 140 cm³/mol. The van der Waals surface area contributed by atoms with Crippen LogP contribution in [-0.4, -0.2) is 74.2 Å². The van der Waals surface area contributed by atoms with Gasteiger partial charge in [-0.2, -0.15) is 18.3 Å². The van der Waals surface area contributed by atoms with Crippen LogP contribution in [0.1, 0.15) is 24.9 Å². The van der Waals surface area contributed by atoms with Gasteiger partial charge < -0.3 is 14.9 Å². The SMILES string of the molecule is C=N/C(C)=N\N(CC1CC(n2cc(-c3ncc(Cl)cc3F)nn2)C(O)C(CO)O1)c1cc(Cl)ccc1C(F)(F)F. The summed E-state index contributed by atoms with van der Waals surface area (Å²) in [5.41, 5.74) is -1.43. The Morgan fingerprint density at radius 2 is 2.02 bits per heavy atom. The lowest BCUT2D eigenvalue weighted by Crippen LogP contribution is -2.50. The van der Waals surface area contributed by atoms with Crippen molar-refractivity contribution in [3.8, 4) is 11.4 Å². The molecule has 2 aromatic heterocycles. The number of aliphatic hydroxyl groups excluding tert-OH is 2. The first-order chi connectivity index (χ1) is 18.9. The summed E-state index contributed by atoms with van der Waals surface area (Å²) in [7, 11) is 0. The molecule has 1 aliphatic heterocycles. The highest BCUT2D eigenvalue weighted by Gasteiger charge is 2.41. The number of alkyl halides is 3. The lowest BCUT2D eigenvalue weighted by Gasteiger charge is -2.40. The van der Waals surface area contributed by atoms with Crippen LogP contribution in [0.2, 0.25) is 10.0 Å². The van der Waals surface area contributed by atoms with Crippen molar-refractivity contribution in [3.63, 3.8) is 0 Å². The molecule has 1 aliphatic rings. The van der Waals surface area contributed by atoms with Crippen LogP contribution in [0.25, 0.3) is 11.4 Å². The van der Waals surface area contributed by atoms with Gasteiger partial charge in [0, 0.05) is 17.6 Å². The van der Waals surface area contributed by atoms with Crippen LogP contribution >= 0.6 is 23.2 Å². The summed E-state index contributed by atoms with van der Waals surface area (Å²) in [4.78, 5) is 7.59. The number of pyridine rings is 1. The Labute approximate surface area is 235 Å². The van der Waals surface area contributed by atoms with Gasteiger partial charge in [-0.25, -0.2) is 19.0 Å². The zero-order valence-electron chi connectivity index (χ0n) is 20.8. The Morgan fingerprint density at radius 1 is 1.27 bits per heavy atom.